The van der Waals surface area contributed by atoms with Crippen LogP contribution in [0, 0.1) is 0 Å². The van der Waals surface area contributed by atoms with Crippen molar-refractivity contribution in [1.29, 1.82) is 0 Å². The van der Waals surface area contributed by atoms with Crippen molar-refractivity contribution < 1.29 is 14.3 Å². The zero-order chi connectivity index (χ0) is 11.0. The predicted molar refractivity (Wildman–Crippen MR) is 56.1 cm³/mol. The highest BCUT2D eigenvalue weighted by atomic mass is 16.6. The van der Waals surface area contributed by atoms with Crippen LogP contribution in [0.2, 0.25) is 0 Å². The van der Waals surface area contributed by atoms with E-state index in [1.54, 1.807) is 6.08 Å². The normalized spacial score (nSPS) is 11.1. The SMILES string of the molecule is C=CCOCCC(=O)OC(C)(C)CC. The van der Waals surface area contributed by atoms with Crippen LogP contribution in [-0.4, -0.2) is 24.8 Å². The molecule has 0 spiro atoms. The van der Waals surface area contributed by atoms with Gasteiger partial charge in [0.2, 0.25) is 0 Å². The topological polar surface area (TPSA) is 35.5 Å². The second-order valence-electron chi connectivity index (χ2n) is 3.70. The minimum atomic E-state index is -0.366. The fourth-order valence-electron chi connectivity index (χ4n) is 0.754. The van der Waals surface area contributed by atoms with Crippen LogP contribution in [0.15, 0.2) is 12.7 Å². The molecule has 14 heavy (non-hydrogen) atoms. The molecule has 0 N–H and O–H groups in total. The Morgan fingerprint density at radius 2 is 2.14 bits per heavy atom. The minimum Gasteiger partial charge on any atom is -0.460 e. The van der Waals surface area contributed by atoms with Gasteiger partial charge >= 0.3 is 5.97 Å². The van der Waals surface area contributed by atoms with Crippen molar-refractivity contribution in [2.45, 2.75) is 39.2 Å². The Morgan fingerprint density at radius 1 is 1.50 bits per heavy atom. The van der Waals surface area contributed by atoms with Gasteiger partial charge in [-0.3, -0.25) is 4.79 Å². The first-order chi connectivity index (χ1) is 6.52. The van der Waals surface area contributed by atoms with E-state index in [-0.39, 0.29) is 11.6 Å². The molecule has 0 fully saturated rings. The molecule has 0 atom stereocenters. The maximum Gasteiger partial charge on any atom is 0.308 e. The van der Waals surface area contributed by atoms with Gasteiger partial charge in [0.25, 0.3) is 0 Å². The second kappa shape index (κ2) is 6.60. The smallest absolute Gasteiger partial charge is 0.308 e. The number of carbonyl (C=O) groups is 1. The molecule has 0 saturated carbocycles. The van der Waals surface area contributed by atoms with Crippen LogP contribution < -0.4 is 0 Å². The molecule has 0 aliphatic carbocycles. The molecule has 0 radical (unpaired) electrons. The Kier molecular flexibility index (Phi) is 6.21. The number of esters is 1. The quantitative estimate of drug-likeness (QED) is 0.359. The number of ether oxygens (including phenoxy) is 2. The maximum atomic E-state index is 11.3. The van der Waals surface area contributed by atoms with Gasteiger partial charge in [-0.2, -0.15) is 0 Å². The molecular formula is C11H20O3. The molecule has 0 aromatic heterocycles. The Bertz CT molecular complexity index is 185. The molecule has 0 unspecified atom stereocenters. The van der Waals surface area contributed by atoms with Crippen LogP contribution in [0.25, 0.3) is 0 Å². The van der Waals surface area contributed by atoms with E-state index in [1.807, 2.05) is 20.8 Å². The van der Waals surface area contributed by atoms with Crippen LogP contribution >= 0.6 is 0 Å². The molecular weight excluding hydrogens is 180 g/mol. The fraction of sp³-hybridized carbons (Fsp3) is 0.727. The summed E-state index contributed by atoms with van der Waals surface area (Å²) in [5, 5.41) is 0. The summed E-state index contributed by atoms with van der Waals surface area (Å²) < 4.78 is 10.3. The average Bonchev–Trinajstić information content (AvgIpc) is 2.12. The number of hydrogen-bond donors (Lipinski definition) is 0. The first-order valence-corrected chi connectivity index (χ1v) is 4.92. The molecule has 3 nitrogen and oxygen atoms in total. The summed E-state index contributed by atoms with van der Waals surface area (Å²) in [6.45, 7) is 10.2. The standard InChI is InChI=1S/C11H20O3/c1-5-8-13-9-7-10(12)14-11(3,4)6-2/h5H,1,6-9H2,2-4H3. The van der Waals surface area contributed by atoms with Crippen LogP contribution in [-0.2, 0) is 14.3 Å². The van der Waals surface area contributed by atoms with Crippen molar-refractivity contribution in [2.75, 3.05) is 13.2 Å². The molecule has 0 aliphatic rings. The zero-order valence-electron chi connectivity index (χ0n) is 9.34. The molecule has 0 heterocycles. The van der Waals surface area contributed by atoms with Crippen molar-refractivity contribution in [1.82, 2.24) is 0 Å². The van der Waals surface area contributed by atoms with Crippen LogP contribution in [0.3, 0.4) is 0 Å². The molecule has 0 aliphatic heterocycles. The third-order valence-corrected chi connectivity index (χ3v) is 1.93. The summed E-state index contributed by atoms with van der Waals surface area (Å²) >= 11 is 0. The number of rotatable bonds is 7. The summed E-state index contributed by atoms with van der Waals surface area (Å²) in [5.74, 6) is -0.207. The van der Waals surface area contributed by atoms with Gasteiger partial charge in [0.05, 0.1) is 19.6 Å². The number of hydrogen-bond acceptors (Lipinski definition) is 3. The zero-order valence-corrected chi connectivity index (χ0v) is 9.34. The predicted octanol–water partition coefficient (Wildman–Crippen LogP) is 2.31. The summed E-state index contributed by atoms with van der Waals surface area (Å²) in [6, 6.07) is 0. The van der Waals surface area contributed by atoms with Crippen molar-refractivity contribution in [3.8, 4) is 0 Å². The maximum absolute atomic E-state index is 11.3. The first-order valence-electron chi connectivity index (χ1n) is 4.92. The summed E-state index contributed by atoms with van der Waals surface area (Å²) in [4.78, 5) is 11.3. The lowest BCUT2D eigenvalue weighted by Crippen LogP contribution is -2.27. The molecule has 0 amide bonds. The molecule has 3 heteroatoms. The van der Waals surface area contributed by atoms with Gasteiger partial charge in [0.1, 0.15) is 5.60 Å². The highest BCUT2D eigenvalue weighted by Gasteiger charge is 2.19. The highest BCUT2D eigenvalue weighted by molar-refractivity contribution is 5.69. The van der Waals surface area contributed by atoms with Gasteiger partial charge in [0, 0.05) is 0 Å². The van der Waals surface area contributed by atoms with E-state index in [2.05, 4.69) is 6.58 Å². The van der Waals surface area contributed by atoms with Crippen molar-refractivity contribution in [2.24, 2.45) is 0 Å². The van der Waals surface area contributed by atoms with Gasteiger partial charge in [-0.15, -0.1) is 6.58 Å². The van der Waals surface area contributed by atoms with Gasteiger partial charge < -0.3 is 9.47 Å². The van der Waals surface area contributed by atoms with Crippen molar-refractivity contribution >= 4 is 5.97 Å². The largest absolute Gasteiger partial charge is 0.460 e. The molecule has 0 aromatic rings. The van der Waals surface area contributed by atoms with E-state index < -0.39 is 0 Å². The Morgan fingerprint density at radius 3 is 2.64 bits per heavy atom. The molecule has 0 bridgehead atoms. The first kappa shape index (κ1) is 13.2. The fourth-order valence-corrected chi connectivity index (χ4v) is 0.754. The number of carbonyl (C=O) groups excluding carboxylic acids is 1. The molecule has 82 valence electrons. The van der Waals surface area contributed by atoms with Crippen LogP contribution in [0.1, 0.15) is 33.6 Å². The van der Waals surface area contributed by atoms with Gasteiger partial charge in [0.15, 0.2) is 0 Å². The Balaban J connectivity index is 3.60. The highest BCUT2D eigenvalue weighted by Crippen LogP contribution is 2.14. The van der Waals surface area contributed by atoms with Crippen molar-refractivity contribution in [3.05, 3.63) is 12.7 Å². The van der Waals surface area contributed by atoms with E-state index in [0.29, 0.717) is 19.6 Å². The van der Waals surface area contributed by atoms with Crippen molar-refractivity contribution in [3.63, 3.8) is 0 Å². The minimum absolute atomic E-state index is 0.207. The lowest BCUT2D eigenvalue weighted by atomic mass is 10.1. The second-order valence-corrected chi connectivity index (χ2v) is 3.70. The van der Waals surface area contributed by atoms with E-state index in [1.165, 1.54) is 0 Å². The van der Waals surface area contributed by atoms with Gasteiger partial charge in [-0.1, -0.05) is 13.0 Å². The third kappa shape index (κ3) is 6.66. The van der Waals surface area contributed by atoms with E-state index in [4.69, 9.17) is 9.47 Å². The van der Waals surface area contributed by atoms with E-state index in [0.717, 1.165) is 6.42 Å². The summed E-state index contributed by atoms with van der Waals surface area (Å²) in [5.41, 5.74) is -0.366. The third-order valence-electron chi connectivity index (χ3n) is 1.93. The van der Waals surface area contributed by atoms with E-state index in [9.17, 15) is 4.79 Å². The Labute approximate surface area is 86.1 Å². The average molecular weight is 200 g/mol. The van der Waals surface area contributed by atoms with Crippen LogP contribution in [0.5, 0.6) is 0 Å². The lowest BCUT2D eigenvalue weighted by Gasteiger charge is -2.23. The van der Waals surface area contributed by atoms with E-state index >= 15 is 0 Å². The van der Waals surface area contributed by atoms with Gasteiger partial charge in [-0.05, 0) is 20.3 Å². The molecule has 0 aromatic carbocycles. The lowest BCUT2D eigenvalue weighted by molar-refractivity contribution is -0.157. The molecule has 0 rings (SSSR count). The van der Waals surface area contributed by atoms with Gasteiger partial charge in [-0.25, -0.2) is 0 Å². The van der Waals surface area contributed by atoms with Crippen LogP contribution in [0.4, 0.5) is 0 Å². The summed E-state index contributed by atoms with van der Waals surface area (Å²) in [6.07, 6.45) is 2.77. The molecule has 0 saturated heterocycles. The summed E-state index contributed by atoms with van der Waals surface area (Å²) in [7, 11) is 0. The monoisotopic (exact) mass is 200 g/mol. The Hall–Kier alpha value is -0.830.